The first kappa shape index (κ1) is 15.2. The minimum absolute atomic E-state index is 0.394. The Bertz CT molecular complexity index is 916. The van der Waals surface area contributed by atoms with Crippen LogP contribution in [0.3, 0.4) is 0 Å². The zero-order chi connectivity index (χ0) is 16.6. The molecule has 0 aliphatic rings. The van der Waals surface area contributed by atoms with Crippen molar-refractivity contribution < 1.29 is 0 Å². The van der Waals surface area contributed by atoms with Gasteiger partial charge in [0.05, 0.1) is 5.56 Å². The fraction of sp³-hybridized carbons (Fsp3) is 0.200. The van der Waals surface area contributed by atoms with Crippen LogP contribution >= 0.6 is 0 Å². The standard InChI is InChI=1S/C20H19NO2/c1-4-21(16-7-5-6-14(3)12-16)18-17(19(22)20(18)23)15-10-8-13(2)9-11-15/h5-12H,4H2,1-3H3. The molecule has 0 bridgehead atoms. The van der Waals surface area contributed by atoms with Gasteiger partial charge in [-0.05, 0) is 44.0 Å². The molecule has 3 aromatic carbocycles. The van der Waals surface area contributed by atoms with Gasteiger partial charge in [-0.2, -0.15) is 0 Å². The van der Waals surface area contributed by atoms with Crippen molar-refractivity contribution in [3.05, 3.63) is 80.1 Å². The quantitative estimate of drug-likeness (QED) is 0.689. The van der Waals surface area contributed by atoms with E-state index in [9.17, 15) is 9.59 Å². The van der Waals surface area contributed by atoms with Gasteiger partial charge in [0.1, 0.15) is 5.69 Å². The summed E-state index contributed by atoms with van der Waals surface area (Å²) in [6, 6.07) is 15.7. The average Bonchev–Trinajstić information content (AvgIpc) is 2.56. The monoisotopic (exact) mass is 305 g/mol. The number of rotatable bonds is 4. The van der Waals surface area contributed by atoms with Crippen LogP contribution in [0.1, 0.15) is 18.1 Å². The van der Waals surface area contributed by atoms with E-state index in [1.54, 1.807) is 0 Å². The first-order valence-corrected chi connectivity index (χ1v) is 7.77. The van der Waals surface area contributed by atoms with Crippen LogP contribution in [0.5, 0.6) is 0 Å². The second-order valence-electron chi connectivity index (χ2n) is 5.83. The molecular weight excluding hydrogens is 286 g/mol. The highest BCUT2D eigenvalue weighted by Gasteiger charge is 2.27. The number of hydrogen-bond acceptors (Lipinski definition) is 3. The van der Waals surface area contributed by atoms with Crippen LogP contribution in [0.2, 0.25) is 0 Å². The number of aryl methyl sites for hydroxylation is 2. The lowest BCUT2D eigenvalue weighted by Crippen LogP contribution is -2.40. The molecule has 0 saturated heterocycles. The minimum Gasteiger partial charge on any atom is -0.338 e. The molecule has 23 heavy (non-hydrogen) atoms. The van der Waals surface area contributed by atoms with Crippen LogP contribution in [0.25, 0.3) is 11.1 Å². The summed E-state index contributed by atoms with van der Waals surface area (Å²) in [6.45, 7) is 6.63. The van der Waals surface area contributed by atoms with E-state index in [0.29, 0.717) is 17.8 Å². The molecule has 0 radical (unpaired) electrons. The summed E-state index contributed by atoms with van der Waals surface area (Å²) in [7, 11) is 0. The predicted molar refractivity (Wildman–Crippen MR) is 95.4 cm³/mol. The molecular formula is C20H19NO2. The normalized spacial score (nSPS) is 10.9. The Hall–Kier alpha value is -2.68. The number of benzene rings is 2. The van der Waals surface area contributed by atoms with Crippen molar-refractivity contribution in [1.29, 1.82) is 0 Å². The number of anilines is 2. The van der Waals surface area contributed by atoms with Crippen LogP contribution in [-0.2, 0) is 0 Å². The van der Waals surface area contributed by atoms with Crippen LogP contribution < -0.4 is 15.8 Å². The van der Waals surface area contributed by atoms with Gasteiger partial charge >= 0.3 is 0 Å². The summed E-state index contributed by atoms with van der Waals surface area (Å²) >= 11 is 0. The zero-order valence-corrected chi connectivity index (χ0v) is 13.6. The molecule has 116 valence electrons. The summed E-state index contributed by atoms with van der Waals surface area (Å²) in [5, 5.41) is 0. The van der Waals surface area contributed by atoms with Gasteiger partial charge in [-0.25, -0.2) is 0 Å². The van der Waals surface area contributed by atoms with Crippen LogP contribution in [0, 0.1) is 13.8 Å². The summed E-state index contributed by atoms with van der Waals surface area (Å²) < 4.78 is 0. The molecule has 0 N–H and O–H groups in total. The molecule has 0 aliphatic heterocycles. The summed E-state index contributed by atoms with van der Waals surface area (Å²) in [5.41, 5.74) is 4.23. The Morgan fingerprint density at radius 3 is 2.17 bits per heavy atom. The number of hydrogen-bond donors (Lipinski definition) is 0. The molecule has 3 rings (SSSR count). The van der Waals surface area contributed by atoms with Gasteiger partial charge in [0.15, 0.2) is 0 Å². The Morgan fingerprint density at radius 1 is 0.870 bits per heavy atom. The van der Waals surface area contributed by atoms with Crippen molar-refractivity contribution in [3.8, 4) is 11.1 Å². The van der Waals surface area contributed by atoms with E-state index >= 15 is 0 Å². The molecule has 0 aliphatic carbocycles. The Morgan fingerprint density at radius 2 is 1.57 bits per heavy atom. The number of nitrogens with zero attached hydrogens (tertiary/aromatic N) is 1. The average molecular weight is 305 g/mol. The maximum atomic E-state index is 12.2. The fourth-order valence-corrected chi connectivity index (χ4v) is 2.89. The van der Waals surface area contributed by atoms with Crippen molar-refractivity contribution >= 4 is 11.4 Å². The van der Waals surface area contributed by atoms with E-state index in [1.165, 1.54) is 0 Å². The third-order valence-corrected chi connectivity index (χ3v) is 4.12. The summed E-state index contributed by atoms with van der Waals surface area (Å²) in [4.78, 5) is 26.3. The second kappa shape index (κ2) is 5.84. The summed E-state index contributed by atoms with van der Waals surface area (Å²) in [5.74, 6) is 0. The lowest BCUT2D eigenvalue weighted by atomic mass is 9.96. The van der Waals surface area contributed by atoms with Gasteiger partial charge < -0.3 is 4.90 Å². The molecule has 0 unspecified atom stereocenters. The third-order valence-electron chi connectivity index (χ3n) is 4.12. The first-order valence-electron chi connectivity index (χ1n) is 7.77. The Labute approximate surface area is 135 Å². The molecule has 0 amide bonds. The summed E-state index contributed by atoms with van der Waals surface area (Å²) in [6.07, 6.45) is 0. The molecule has 0 saturated carbocycles. The maximum Gasteiger partial charge on any atom is 0.250 e. The second-order valence-corrected chi connectivity index (χ2v) is 5.83. The highest BCUT2D eigenvalue weighted by molar-refractivity contribution is 5.86. The van der Waals surface area contributed by atoms with E-state index in [4.69, 9.17) is 0 Å². The smallest absolute Gasteiger partial charge is 0.250 e. The highest BCUT2D eigenvalue weighted by Crippen LogP contribution is 2.32. The largest absolute Gasteiger partial charge is 0.338 e. The van der Waals surface area contributed by atoms with Gasteiger partial charge in [-0.1, -0.05) is 42.0 Å². The van der Waals surface area contributed by atoms with Gasteiger partial charge in [0, 0.05) is 12.2 Å². The van der Waals surface area contributed by atoms with Gasteiger partial charge in [-0.15, -0.1) is 0 Å². The van der Waals surface area contributed by atoms with Gasteiger partial charge in [0.25, 0.3) is 5.43 Å². The lowest BCUT2D eigenvalue weighted by molar-refractivity contribution is 1.00. The van der Waals surface area contributed by atoms with Gasteiger partial charge in [0.2, 0.25) is 5.43 Å². The van der Waals surface area contributed by atoms with E-state index in [0.717, 1.165) is 22.4 Å². The van der Waals surface area contributed by atoms with Crippen LogP contribution in [0.15, 0.2) is 58.1 Å². The van der Waals surface area contributed by atoms with Crippen molar-refractivity contribution in [3.63, 3.8) is 0 Å². The van der Waals surface area contributed by atoms with Crippen molar-refractivity contribution in [1.82, 2.24) is 0 Å². The van der Waals surface area contributed by atoms with Crippen molar-refractivity contribution in [2.75, 3.05) is 11.4 Å². The SMILES string of the molecule is CCN(c1cccc(C)c1)c1c(-c2ccc(C)cc2)c(=O)c1=O. The topological polar surface area (TPSA) is 37.4 Å². The first-order chi connectivity index (χ1) is 11.0. The maximum absolute atomic E-state index is 12.2. The third kappa shape index (κ3) is 2.59. The molecule has 0 aromatic heterocycles. The van der Waals surface area contributed by atoms with E-state index in [-0.39, 0.29) is 0 Å². The molecule has 0 fully saturated rings. The van der Waals surface area contributed by atoms with Crippen molar-refractivity contribution in [2.24, 2.45) is 0 Å². The van der Waals surface area contributed by atoms with Gasteiger partial charge in [-0.3, -0.25) is 9.59 Å². The molecule has 0 atom stereocenters. The van der Waals surface area contributed by atoms with Crippen LogP contribution in [-0.4, -0.2) is 6.54 Å². The zero-order valence-electron chi connectivity index (χ0n) is 13.6. The van der Waals surface area contributed by atoms with E-state index in [1.807, 2.05) is 74.2 Å². The Balaban J connectivity index is 2.13. The minimum atomic E-state index is -0.399. The fourth-order valence-electron chi connectivity index (χ4n) is 2.89. The molecule has 0 spiro atoms. The lowest BCUT2D eigenvalue weighted by Gasteiger charge is -2.26. The van der Waals surface area contributed by atoms with E-state index in [2.05, 4.69) is 0 Å². The molecule has 3 aromatic rings. The highest BCUT2D eigenvalue weighted by atomic mass is 16.2. The Kier molecular flexibility index (Phi) is 3.87. The predicted octanol–water partition coefficient (Wildman–Crippen LogP) is 3.72. The molecule has 0 heterocycles. The van der Waals surface area contributed by atoms with Crippen molar-refractivity contribution in [2.45, 2.75) is 20.8 Å². The van der Waals surface area contributed by atoms with E-state index < -0.39 is 10.9 Å². The molecule has 3 heteroatoms. The van der Waals surface area contributed by atoms with Crippen LogP contribution in [0.4, 0.5) is 11.4 Å². The molecule has 3 nitrogen and oxygen atoms in total.